The fourth-order valence-electron chi connectivity index (χ4n) is 2.94. The molecule has 0 N–H and O–H groups in total. The zero-order valence-corrected chi connectivity index (χ0v) is 13.4. The van der Waals surface area contributed by atoms with Gasteiger partial charge >= 0.3 is 5.97 Å². The Morgan fingerprint density at radius 2 is 2.12 bits per heavy atom. The van der Waals surface area contributed by atoms with Crippen molar-refractivity contribution in [2.24, 2.45) is 5.92 Å². The van der Waals surface area contributed by atoms with E-state index in [1.54, 1.807) is 37.3 Å². The number of amides is 2. The van der Waals surface area contributed by atoms with Gasteiger partial charge in [-0.05, 0) is 12.5 Å². The minimum Gasteiger partial charge on any atom is -0.465 e. The van der Waals surface area contributed by atoms with Gasteiger partial charge in [0.15, 0.2) is 5.41 Å². The lowest BCUT2D eigenvalue weighted by atomic mass is 9.70. The highest BCUT2D eigenvalue weighted by molar-refractivity contribution is 6.08. The van der Waals surface area contributed by atoms with Gasteiger partial charge in [-0.25, -0.2) is 4.79 Å². The Bertz CT molecular complexity index is 707. The minimum atomic E-state index is -1.85. The molecule has 1 fully saturated rings. The van der Waals surface area contributed by atoms with Gasteiger partial charge in [-0.2, -0.15) is 5.26 Å². The number of benzene rings is 1. The molecule has 1 aliphatic heterocycles. The van der Waals surface area contributed by atoms with E-state index in [2.05, 4.69) is 6.58 Å². The third-order valence-electron chi connectivity index (χ3n) is 4.08. The highest BCUT2D eigenvalue weighted by Crippen LogP contribution is 2.40. The molecule has 1 aromatic carbocycles. The van der Waals surface area contributed by atoms with Crippen molar-refractivity contribution in [1.29, 1.82) is 5.26 Å². The molecule has 2 atom stereocenters. The number of rotatable bonds is 6. The zero-order valence-electron chi connectivity index (χ0n) is 13.4. The Morgan fingerprint density at radius 3 is 2.67 bits per heavy atom. The predicted molar refractivity (Wildman–Crippen MR) is 85.4 cm³/mol. The summed E-state index contributed by atoms with van der Waals surface area (Å²) in [6, 6.07) is 10.2. The van der Waals surface area contributed by atoms with E-state index in [1.165, 1.54) is 6.08 Å². The van der Waals surface area contributed by atoms with Crippen LogP contribution in [0.1, 0.15) is 18.9 Å². The van der Waals surface area contributed by atoms with Crippen molar-refractivity contribution in [3.05, 3.63) is 48.6 Å². The highest BCUT2D eigenvalue weighted by Gasteiger charge is 2.57. The van der Waals surface area contributed by atoms with Gasteiger partial charge in [0.2, 0.25) is 11.8 Å². The Morgan fingerprint density at radius 1 is 1.46 bits per heavy atom. The molecule has 1 saturated heterocycles. The quantitative estimate of drug-likeness (QED) is 0.450. The summed E-state index contributed by atoms with van der Waals surface area (Å²) < 4.78 is 5.08. The molecule has 0 saturated carbocycles. The van der Waals surface area contributed by atoms with Crippen LogP contribution in [0.25, 0.3) is 0 Å². The molecule has 0 spiro atoms. The smallest absolute Gasteiger partial charge is 0.331 e. The summed E-state index contributed by atoms with van der Waals surface area (Å²) in [5.74, 6) is -2.91. The largest absolute Gasteiger partial charge is 0.465 e. The van der Waals surface area contributed by atoms with E-state index in [0.29, 0.717) is 5.56 Å². The Labute approximate surface area is 140 Å². The van der Waals surface area contributed by atoms with Crippen molar-refractivity contribution in [2.75, 3.05) is 13.2 Å². The topological polar surface area (TPSA) is 87.5 Å². The van der Waals surface area contributed by atoms with E-state index in [9.17, 15) is 19.6 Å². The van der Waals surface area contributed by atoms with Crippen LogP contribution in [0.2, 0.25) is 0 Å². The number of hydrogen-bond acceptors (Lipinski definition) is 5. The molecule has 2 rings (SSSR count). The molecule has 1 aliphatic rings. The first-order valence-electron chi connectivity index (χ1n) is 7.62. The van der Waals surface area contributed by atoms with Gasteiger partial charge in [0.05, 0.1) is 18.6 Å². The highest BCUT2D eigenvalue weighted by atomic mass is 16.5. The number of nitriles is 1. The molecule has 0 bridgehead atoms. The SMILES string of the molecule is C=CCN1C(=O)C[C@@H]([C@@](C#N)(C(=O)OCC)c2ccccc2)C1=O. The monoisotopic (exact) mass is 326 g/mol. The minimum absolute atomic E-state index is 0.0489. The first-order chi connectivity index (χ1) is 11.5. The Kier molecular flexibility index (Phi) is 5.14. The van der Waals surface area contributed by atoms with Gasteiger partial charge in [0.1, 0.15) is 0 Å². The van der Waals surface area contributed by atoms with Crippen LogP contribution < -0.4 is 0 Å². The standard InChI is InChI=1S/C18H18N2O4/c1-3-10-20-15(21)11-14(16(20)22)18(12-19,17(23)24-4-2)13-8-6-5-7-9-13/h3,5-9,14H,1,4,10-11H2,2H3/t14-,18+/m1/s1. The molecular formula is C18H18N2O4. The van der Waals surface area contributed by atoms with Crippen LogP contribution in [-0.4, -0.2) is 35.8 Å². The van der Waals surface area contributed by atoms with E-state index in [0.717, 1.165) is 4.90 Å². The van der Waals surface area contributed by atoms with Crippen LogP contribution in [-0.2, 0) is 24.5 Å². The average Bonchev–Trinajstić information content (AvgIpc) is 2.86. The molecule has 0 aliphatic carbocycles. The predicted octanol–water partition coefficient (Wildman–Crippen LogP) is 1.57. The number of hydrogen-bond donors (Lipinski definition) is 0. The van der Waals surface area contributed by atoms with Crippen LogP contribution >= 0.6 is 0 Å². The molecule has 6 nitrogen and oxygen atoms in total. The number of imide groups is 1. The second kappa shape index (κ2) is 7.09. The number of carbonyl (C=O) groups excluding carboxylic acids is 3. The van der Waals surface area contributed by atoms with Crippen molar-refractivity contribution < 1.29 is 19.1 Å². The first-order valence-corrected chi connectivity index (χ1v) is 7.62. The number of esters is 1. The number of carbonyl (C=O) groups is 3. The normalized spacial score (nSPS) is 19.5. The fraction of sp³-hybridized carbons (Fsp3) is 0.333. The van der Waals surface area contributed by atoms with Gasteiger partial charge < -0.3 is 4.74 Å². The van der Waals surface area contributed by atoms with Crippen molar-refractivity contribution >= 4 is 17.8 Å². The summed E-state index contributed by atoms with van der Waals surface area (Å²) >= 11 is 0. The number of nitrogens with zero attached hydrogens (tertiary/aromatic N) is 2. The maximum atomic E-state index is 12.7. The van der Waals surface area contributed by atoms with Crippen LogP contribution in [0, 0.1) is 17.2 Å². The summed E-state index contributed by atoms with van der Waals surface area (Å²) in [5, 5.41) is 9.85. The van der Waals surface area contributed by atoms with Gasteiger partial charge in [0, 0.05) is 13.0 Å². The van der Waals surface area contributed by atoms with Crippen LogP contribution in [0.4, 0.5) is 0 Å². The maximum Gasteiger partial charge on any atom is 0.331 e. The van der Waals surface area contributed by atoms with E-state index >= 15 is 0 Å². The number of likely N-dealkylation sites (tertiary alicyclic amines) is 1. The lowest BCUT2D eigenvalue weighted by Gasteiger charge is -2.29. The van der Waals surface area contributed by atoms with Gasteiger partial charge in [-0.3, -0.25) is 14.5 Å². The molecule has 124 valence electrons. The zero-order chi connectivity index (χ0) is 17.7. The molecule has 0 aromatic heterocycles. The van der Waals surface area contributed by atoms with Crippen LogP contribution in [0.15, 0.2) is 43.0 Å². The van der Waals surface area contributed by atoms with Crippen molar-refractivity contribution in [3.63, 3.8) is 0 Å². The van der Waals surface area contributed by atoms with E-state index in [4.69, 9.17) is 4.74 Å². The van der Waals surface area contributed by atoms with E-state index in [1.807, 2.05) is 6.07 Å². The summed E-state index contributed by atoms with van der Waals surface area (Å²) in [4.78, 5) is 38.5. The molecule has 6 heteroatoms. The summed E-state index contributed by atoms with van der Waals surface area (Å²) in [6.45, 7) is 5.26. The van der Waals surface area contributed by atoms with Crippen LogP contribution in [0.3, 0.4) is 0 Å². The second-order valence-corrected chi connectivity index (χ2v) is 5.39. The van der Waals surface area contributed by atoms with E-state index in [-0.39, 0.29) is 19.6 Å². The molecule has 0 radical (unpaired) electrons. The first kappa shape index (κ1) is 17.4. The van der Waals surface area contributed by atoms with E-state index < -0.39 is 29.1 Å². The summed E-state index contributed by atoms with van der Waals surface area (Å²) in [6.07, 6.45) is 1.22. The molecule has 24 heavy (non-hydrogen) atoms. The van der Waals surface area contributed by atoms with Gasteiger partial charge in [-0.15, -0.1) is 6.58 Å². The molecule has 2 amide bonds. The molecule has 1 aromatic rings. The summed E-state index contributed by atoms with van der Waals surface area (Å²) in [7, 11) is 0. The van der Waals surface area contributed by atoms with Crippen LogP contribution in [0.5, 0.6) is 0 Å². The second-order valence-electron chi connectivity index (χ2n) is 5.39. The maximum absolute atomic E-state index is 12.7. The number of ether oxygens (including phenoxy) is 1. The van der Waals surface area contributed by atoms with Crippen molar-refractivity contribution in [3.8, 4) is 6.07 Å². The summed E-state index contributed by atoms with van der Waals surface area (Å²) in [5.41, 5.74) is -1.50. The van der Waals surface area contributed by atoms with Crippen molar-refractivity contribution in [2.45, 2.75) is 18.8 Å². The lowest BCUT2D eigenvalue weighted by molar-refractivity contribution is -0.153. The Balaban J connectivity index is 2.57. The Hall–Kier alpha value is -2.94. The van der Waals surface area contributed by atoms with Crippen molar-refractivity contribution in [1.82, 2.24) is 4.90 Å². The fourth-order valence-corrected chi connectivity index (χ4v) is 2.94. The third kappa shape index (κ3) is 2.69. The third-order valence-corrected chi connectivity index (χ3v) is 4.08. The average molecular weight is 326 g/mol. The molecule has 0 unspecified atom stereocenters. The lowest BCUT2D eigenvalue weighted by Crippen LogP contribution is -2.46. The molecule has 1 heterocycles. The molecular weight excluding hydrogens is 308 g/mol. The van der Waals surface area contributed by atoms with Gasteiger partial charge in [-0.1, -0.05) is 36.4 Å². The van der Waals surface area contributed by atoms with Gasteiger partial charge in [0.25, 0.3) is 0 Å².